The van der Waals surface area contributed by atoms with E-state index < -0.39 is 17.9 Å². The molecule has 1 amide bonds. The van der Waals surface area contributed by atoms with Gasteiger partial charge in [-0.2, -0.15) is 0 Å². The molecule has 0 fully saturated rings. The van der Waals surface area contributed by atoms with Gasteiger partial charge in [0.1, 0.15) is 18.4 Å². The number of hydrogen-bond acceptors (Lipinski definition) is 3. The number of benzene rings is 4. The molecule has 33 heavy (non-hydrogen) atoms. The van der Waals surface area contributed by atoms with Gasteiger partial charge in [-0.05, 0) is 80.9 Å². The summed E-state index contributed by atoms with van der Waals surface area (Å²) < 4.78 is 6.94. The van der Waals surface area contributed by atoms with Crippen molar-refractivity contribution in [2.45, 2.75) is 19.1 Å². The SMILES string of the molecule is O=C(N[C@@H](Cc1ccc(I)cc1)C(=O)O)c1ccc2cc(OCc3ccccc3)ccc2c1. The van der Waals surface area contributed by atoms with Crippen molar-refractivity contribution in [3.05, 3.63) is 111 Å². The van der Waals surface area contributed by atoms with Crippen molar-refractivity contribution in [2.24, 2.45) is 0 Å². The normalized spacial score (nSPS) is 11.7. The summed E-state index contributed by atoms with van der Waals surface area (Å²) in [6.45, 7) is 0.476. The minimum atomic E-state index is -1.07. The van der Waals surface area contributed by atoms with Gasteiger partial charge in [0.25, 0.3) is 5.91 Å². The molecule has 4 rings (SSSR count). The number of amides is 1. The molecular weight excluding hydrogens is 529 g/mol. The maximum absolute atomic E-state index is 12.8. The topological polar surface area (TPSA) is 75.6 Å². The van der Waals surface area contributed by atoms with Gasteiger partial charge in [0.15, 0.2) is 0 Å². The highest BCUT2D eigenvalue weighted by atomic mass is 127. The number of rotatable bonds is 8. The van der Waals surface area contributed by atoms with Crippen LogP contribution in [0.3, 0.4) is 0 Å². The van der Waals surface area contributed by atoms with Crippen molar-refractivity contribution in [1.82, 2.24) is 5.32 Å². The molecule has 0 radical (unpaired) electrons. The molecule has 0 saturated heterocycles. The zero-order valence-electron chi connectivity index (χ0n) is 17.7. The average molecular weight is 551 g/mol. The largest absolute Gasteiger partial charge is 0.489 e. The van der Waals surface area contributed by atoms with Gasteiger partial charge in [-0.3, -0.25) is 4.79 Å². The van der Waals surface area contributed by atoms with Crippen LogP contribution < -0.4 is 10.1 Å². The second kappa shape index (κ2) is 10.5. The highest BCUT2D eigenvalue weighted by Gasteiger charge is 2.21. The molecule has 0 spiro atoms. The van der Waals surface area contributed by atoms with Crippen molar-refractivity contribution in [1.29, 1.82) is 0 Å². The van der Waals surface area contributed by atoms with Crippen LogP contribution in [0.25, 0.3) is 10.8 Å². The van der Waals surface area contributed by atoms with Crippen LogP contribution in [0.5, 0.6) is 5.75 Å². The summed E-state index contributed by atoms with van der Waals surface area (Å²) in [5, 5.41) is 14.0. The van der Waals surface area contributed by atoms with Crippen LogP contribution in [0.4, 0.5) is 0 Å². The first-order chi connectivity index (χ1) is 16.0. The Morgan fingerprint density at radius 2 is 1.55 bits per heavy atom. The van der Waals surface area contributed by atoms with Crippen LogP contribution in [0, 0.1) is 3.57 Å². The van der Waals surface area contributed by atoms with Crippen LogP contribution in [0.15, 0.2) is 91.0 Å². The minimum Gasteiger partial charge on any atom is -0.489 e. The van der Waals surface area contributed by atoms with E-state index in [-0.39, 0.29) is 6.42 Å². The number of aliphatic carboxylic acids is 1. The molecule has 1 atom stereocenters. The maximum atomic E-state index is 12.8. The van der Waals surface area contributed by atoms with E-state index in [0.717, 1.165) is 31.2 Å². The Morgan fingerprint density at radius 1 is 0.848 bits per heavy atom. The van der Waals surface area contributed by atoms with Crippen LogP contribution >= 0.6 is 22.6 Å². The molecule has 5 nitrogen and oxygen atoms in total. The van der Waals surface area contributed by atoms with E-state index in [0.29, 0.717) is 12.2 Å². The number of hydrogen-bond donors (Lipinski definition) is 2. The predicted octanol–water partition coefficient (Wildman–Crippen LogP) is 5.45. The monoisotopic (exact) mass is 551 g/mol. The van der Waals surface area contributed by atoms with Crippen LogP contribution in [-0.2, 0) is 17.8 Å². The van der Waals surface area contributed by atoms with Gasteiger partial charge in [-0.15, -0.1) is 0 Å². The standard InChI is InChI=1S/C27H22INO4/c28-23-11-6-18(7-12-23)14-25(27(31)32)29-26(30)22-9-8-21-16-24(13-10-20(21)15-22)33-17-19-4-2-1-3-5-19/h1-13,15-16,25H,14,17H2,(H,29,30)(H,31,32)/t25-/m0/s1. The fourth-order valence-corrected chi connectivity index (χ4v) is 3.85. The van der Waals surface area contributed by atoms with Gasteiger partial charge in [-0.1, -0.05) is 54.6 Å². The Hall–Kier alpha value is -3.39. The molecule has 0 unspecified atom stereocenters. The third kappa shape index (κ3) is 6.10. The summed E-state index contributed by atoms with van der Waals surface area (Å²) in [5.41, 5.74) is 2.35. The van der Waals surface area contributed by atoms with E-state index in [4.69, 9.17) is 4.74 Å². The van der Waals surface area contributed by atoms with Crippen molar-refractivity contribution in [2.75, 3.05) is 0 Å². The first kappa shape index (κ1) is 22.8. The zero-order valence-corrected chi connectivity index (χ0v) is 19.9. The van der Waals surface area contributed by atoms with Crippen molar-refractivity contribution < 1.29 is 19.4 Å². The molecule has 0 aliphatic rings. The second-order valence-corrected chi connectivity index (χ2v) is 8.94. The van der Waals surface area contributed by atoms with Crippen molar-refractivity contribution >= 4 is 45.2 Å². The number of ether oxygens (including phenoxy) is 1. The summed E-state index contributed by atoms with van der Waals surface area (Å²) in [7, 11) is 0. The van der Waals surface area contributed by atoms with E-state index >= 15 is 0 Å². The lowest BCUT2D eigenvalue weighted by Crippen LogP contribution is -2.42. The number of carboxylic acids is 1. The molecule has 0 heterocycles. The van der Waals surface area contributed by atoms with Gasteiger partial charge in [0.2, 0.25) is 0 Å². The van der Waals surface area contributed by atoms with Gasteiger partial charge >= 0.3 is 5.97 Å². The minimum absolute atomic E-state index is 0.216. The Labute approximate surface area is 205 Å². The van der Waals surface area contributed by atoms with Gasteiger partial charge in [-0.25, -0.2) is 4.79 Å². The highest BCUT2D eigenvalue weighted by Crippen LogP contribution is 2.23. The Kier molecular flexibility index (Phi) is 7.24. The first-order valence-electron chi connectivity index (χ1n) is 10.5. The molecule has 2 N–H and O–H groups in total. The quantitative estimate of drug-likeness (QED) is 0.286. The number of carbonyl (C=O) groups is 2. The fourth-order valence-electron chi connectivity index (χ4n) is 3.49. The van der Waals surface area contributed by atoms with Crippen molar-refractivity contribution in [3.8, 4) is 5.75 Å². The lowest BCUT2D eigenvalue weighted by atomic mass is 10.0. The molecule has 4 aromatic carbocycles. The number of halogens is 1. The summed E-state index contributed by atoms with van der Waals surface area (Å²) in [6.07, 6.45) is 0.216. The summed E-state index contributed by atoms with van der Waals surface area (Å²) in [5.74, 6) is -0.742. The Morgan fingerprint density at radius 3 is 2.27 bits per heavy atom. The average Bonchev–Trinajstić information content (AvgIpc) is 2.83. The van der Waals surface area contributed by atoms with Gasteiger partial charge in [0, 0.05) is 15.6 Å². The van der Waals surface area contributed by atoms with E-state index in [9.17, 15) is 14.7 Å². The summed E-state index contributed by atoms with van der Waals surface area (Å²) >= 11 is 2.19. The third-order valence-electron chi connectivity index (χ3n) is 5.28. The summed E-state index contributed by atoms with van der Waals surface area (Å²) in [6, 6.07) is 27.5. The highest BCUT2D eigenvalue weighted by molar-refractivity contribution is 14.1. The second-order valence-electron chi connectivity index (χ2n) is 7.69. The van der Waals surface area contributed by atoms with Crippen LogP contribution in [0.2, 0.25) is 0 Å². The van der Waals surface area contributed by atoms with E-state index in [1.54, 1.807) is 12.1 Å². The lowest BCUT2D eigenvalue weighted by Gasteiger charge is -2.15. The van der Waals surface area contributed by atoms with Crippen molar-refractivity contribution in [3.63, 3.8) is 0 Å². The van der Waals surface area contributed by atoms with Crippen LogP contribution in [0.1, 0.15) is 21.5 Å². The molecule has 6 heteroatoms. The van der Waals surface area contributed by atoms with E-state index in [2.05, 4.69) is 27.9 Å². The number of carbonyl (C=O) groups excluding carboxylic acids is 1. The Balaban J connectivity index is 1.44. The summed E-state index contributed by atoms with van der Waals surface area (Å²) in [4.78, 5) is 24.5. The third-order valence-corrected chi connectivity index (χ3v) is 6.00. The van der Waals surface area contributed by atoms with Gasteiger partial charge < -0.3 is 15.2 Å². The van der Waals surface area contributed by atoms with Crippen LogP contribution in [-0.4, -0.2) is 23.0 Å². The lowest BCUT2D eigenvalue weighted by molar-refractivity contribution is -0.139. The molecule has 0 saturated carbocycles. The number of carboxylic acid groups (broad SMARTS) is 1. The first-order valence-corrected chi connectivity index (χ1v) is 11.5. The molecule has 0 aliphatic heterocycles. The molecule has 4 aromatic rings. The molecule has 166 valence electrons. The molecule has 0 aromatic heterocycles. The maximum Gasteiger partial charge on any atom is 0.326 e. The number of fused-ring (bicyclic) bond motifs is 1. The smallest absolute Gasteiger partial charge is 0.326 e. The number of nitrogens with one attached hydrogen (secondary N) is 1. The van der Waals surface area contributed by atoms with E-state index in [1.807, 2.05) is 78.9 Å². The zero-order chi connectivity index (χ0) is 23.2. The Bertz CT molecular complexity index is 1270. The van der Waals surface area contributed by atoms with E-state index in [1.165, 1.54) is 0 Å². The predicted molar refractivity (Wildman–Crippen MR) is 136 cm³/mol. The fraction of sp³-hybridized carbons (Fsp3) is 0.111. The molecule has 0 bridgehead atoms. The molecular formula is C27H22INO4. The molecule has 0 aliphatic carbocycles. The van der Waals surface area contributed by atoms with Gasteiger partial charge in [0.05, 0.1) is 0 Å².